The molecule has 0 saturated heterocycles. The molecule has 4 aromatic rings. The van der Waals surface area contributed by atoms with Crippen molar-refractivity contribution < 1.29 is 23.7 Å². The highest BCUT2D eigenvalue weighted by molar-refractivity contribution is 9.10. The highest BCUT2D eigenvalue weighted by Crippen LogP contribution is 2.38. The molecule has 0 unspecified atom stereocenters. The lowest BCUT2D eigenvalue weighted by atomic mass is 9.93. The zero-order valence-electron chi connectivity index (χ0n) is 23.6. The maximum atomic E-state index is 14.1. The van der Waals surface area contributed by atoms with Crippen molar-refractivity contribution in [1.82, 2.24) is 4.57 Å². The number of ether oxygens (including phenoxy) is 4. The van der Waals surface area contributed by atoms with Gasteiger partial charge in [-0.05, 0) is 64.3 Å². The topological polar surface area (TPSA) is 88.3 Å². The number of esters is 1. The summed E-state index contributed by atoms with van der Waals surface area (Å²) in [6.07, 6.45) is 7.09. The second-order valence-electron chi connectivity index (χ2n) is 9.23. The van der Waals surface area contributed by atoms with Gasteiger partial charge < -0.3 is 18.9 Å². The van der Waals surface area contributed by atoms with E-state index in [-0.39, 0.29) is 24.3 Å². The Bertz CT molecular complexity index is 1940. The fourth-order valence-electron chi connectivity index (χ4n) is 4.77. The molecule has 0 aliphatic carbocycles. The van der Waals surface area contributed by atoms with Gasteiger partial charge in [0, 0.05) is 5.56 Å². The predicted octanol–water partition coefficient (Wildman–Crippen LogP) is 4.73. The molecule has 8 nitrogen and oxygen atoms in total. The van der Waals surface area contributed by atoms with Crippen LogP contribution in [0.5, 0.6) is 17.2 Å². The van der Waals surface area contributed by atoms with Gasteiger partial charge in [0.25, 0.3) is 5.56 Å². The minimum Gasteiger partial charge on any atom is -0.493 e. The highest BCUT2D eigenvalue weighted by atomic mass is 79.9. The molecule has 1 aliphatic rings. The summed E-state index contributed by atoms with van der Waals surface area (Å²) in [6, 6.07) is 19.3. The third-order valence-corrected chi connectivity index (χ3v) is 8.26. The van der Waals surface area contributed by atoms with Crippen molar-refractivity contribution in [3.63, 3.8) is 0 Å². The van der Waals surface area contributed by atoms with Gasteiger partial charge in [-0.3, -0.25) is 9.36 Å². The summed E-state index contributed by atoms with van der Waals surface area (Å²) in [5.41, 5.74) is 2.50. The predicted molar refractivity (Wildman–Crippen MR) is 169 cm³/mol. The number of methoxy groups -OCH3 is 2. The van der Waals surface area contributed by atoms with Gasteiger partial charge in [-0.2, -0.15) is 0 Å². The molecule has 43 heavy (non-hydrogen) atoms. The number of terminal acetylenes is 1. The van der Waals surface area contributed by atoms with Crippen LogP contribution in [0.3, 0.4) is 0 Å². The maximum absolute atomic E-state index is 14.1. The third-order valence-electron chi connectivity index (χ3n) is 6.66. The van der Waals surface area contributed by atoms with Crippen molar-refractivity contribution in [2.45, 2.75) is 13.0 Å². The zero-order chi connectivity index (χ0) is 30.5. The van der Waals surface area contributed by atoms with Crippen LogP contribution in [0, 0.1) is 12.3 Å². The molecule has 3 aromatic carbocycles. The summed E-state index contributed by atoms with van der Waals surface area (Å²) >= 11 is 4.75. The highest BCUT2D eigenvalue weighted by Gasteiger charge is 2.35. The first-order valence-electron chi connectivity index (χ1n) is 13.3. The Labute approximate surface area is 260 Å². The van der Waals surface area contributed by atoms with E-state index < -0.39 is 12.0 Å². The van der Waals surface area contributed by atoms with Crippen LogP contribution < -0.4 is 29.1 Å². The lowest BCUT2D eigenvalue weighted by Crippen LogP contribution is -2.40. The molecule has 2 heterocycles. The summed E-state index contributed by atoms with van der Waals surface area (Å²) in [7, 11) is 3.08. The number of fused-ring (bicyclic) bond motifs is 1. The molecule has 1 aromatic heterocycles. The number of rotatable bonds is 9. The number of hydrogen-bond donors (Lipinski definition) is 0. The molecule has 1 aliphatic heterocycles. The number of nitrogens with zero attached hydrogens (tertiary/aromatic N) is 2. The van der Waals surface area contributed by atoms with E-state index in [2.05, 4.69) is 21.9 Å². The number of thiazole rings is 1. The Morgan fingerprint density at radius 1 is 1.07 bits per heavy atom. The van der Waals surface area contributed by atoms with Gasteiger partial charge in [-0.1, -0.05) is 59.7 Å². The molecule has 10 heteroatoms. The Hall–Kier alpha value is -4.59. The molecule has 5 rings (SSSR count). The summed E-state index contributed by atoms with van der Waals surface area (Å²) in [5, 5.41) is 0. The average Bonchev–Trinajstić information content (AvgIpc) is 3.34. The fourth-order valence-corrected chi connectivity index (χ4v) is 6.29. The molecule has 218 valence electrons. The van der Waals surface area contributed by atoms with E-state index in [0.29, 0.717) is 42.3 Å². The quantitative estimate of drug-likeness (QED) is 0.191. The van der Waals surface area contributed by atoms with E-state index in [1.165, 1.54) is 23.0 Å². The van der Waals surface area contributed by atoms with Gasteiger partial charge in [-0.15, -0.1) is 6.42 Å². The monoisotopic (exact) mass is 658 g/mol. The molecule has 0 N–H and O–H groups in total. The first kappa shape index (κ1) is 29.9. The summed E-state index contributed by atoms with van der Waals surface area (Å²) in [5.74, 6) is 3.45. The number of aromatic nitrogens is 1. The number of benzene rings is 3. The normalized spacial score (nSPS) is 14.4. The number of halogens is 1. The Morgan fingerprint density at radius 3 is 2.49 bits per heavy atom. The van der Waals surface area contributed by atoms with E-state index in [1.807, 2.05) is 48.5 Å². The van der Waals surface area contributed by atoms with Crippen molar-refractivity contribution in [3.8, 4) is 29.6 Å². The fraction of sp³-hybridized carbons (Fsp3) is 0.182. The van der Waals surface area contributed by atoms with Crippen LogP contribution >= 0.6 is 27.3 Å². The summed E-state index contributed by atoms with van der Waals surface area (Å²) in [6.45, 7) is 2.03. The molecular weight excluding hydrogens is 632 g/mol. The first-order chi connectivity index (χ1) is 20.9. The van der Waals surface area contributed by atoms with Gasteiger partial charge in [0.1, 0.15) is 12.4 Å². The van der Waals surface area contributed by atoms with Crippen LogP contribution in [-0.4, -0.2) is 38.0 Å². The Balaban J connectivity index is 1.78. The van der Waals surface area contributed by atoms with E-state index in [9.17, 15) is 9.59 Å². The summed E-state index contributed by atoms with van der Waals surface area (Å²) < 4.78 is 24.8. The maximum Gasteiger partial charge on any atom is 0.338 e. The Morgan fingerprint density at radius 2 is 1.81 bits per heavy atom. The first-order valence-corrected chi connectivity index (χ1v) is 14.9. The van der Waals surface area contributed by atoms with Gasteiger partial charge in [-0.25, -0.2) is 9.79 Å². The van der Waals surface area contributed by atoms with E-state index in [1.54, 1.807) is 38.3 Å². The van der Waals surface area contributed by atoms with E-state index in [4.69, 9.17) is 30.4 Å². The smallest absolute Gasteiger partial charge is 0.338 e. The minimum atomic E-state index is -0.848. The molecule has 0 amide bonds. The largest absolute Gasteiger partial charge is 0.493 e. The molecule has 0 saturated carbocycles. The lowest BCUT2D eigenvalue weighted by molar-refractivity contribution is -0.138. The second kappa shape index (κ2) is 13.2. The van der Waals surface area contributed by atoms with Crippen LogP contribution in [0.1, 0.15) is 29.7 Å². The second-order valence-corrected chi connectivity index (χ2v) is 11.1. The zero-order valence-corrected chi connectivity index (χ0v) is 26.0. The van der Waals surface area contributed by atoms with Crippen molar-refractivity contribution in [2.24, 2.45) is 4.99 Å². The van der Waals surface area contributed by atoms with Crippen molar-refractivity contribution in [2.75, 3.05) is 27.4 Å². The molecule has 0 spiro atoms. The Kier molecular flexibility index (Phi) is 9.14. The number of hydrogen-bond acceptors (Lipinski definition) is 8. The van der Waals surface area contributed by atoms with Crippen LogP contribution in [0.15, 0.2) is 86.6 Å². The van der Waals surface area contributed by atoms with Crippen LogP contribution in [0.25, 0.3) is 11.8 Å². The van der Waals surface area contributed by atoms with Gasteiger partial charge >= 0.3 is 5.97 Å². The summed E-state index contributed by atoms with van der Waals surface area (Å²) in [4.78, 5) is 33.1. The van der Waals surface area contributed by atoms with Crippen molar-refractivity contribution in [3.05, 3.63) is 113 Å². The number of carbonyl (C=O) groups is 1. The lowest BCUT2D eigenvalue weighted by Gasteiger charge is -2.26. The molecule has 0 radical (unpaired) electrons. The van der Waals surface area contributed by atoms with Crippen LogP contribution in [0.4, 0.5) is 0 Å². The minimum absolute atomic E-state index is 0.138. The molecule has 1 atom stereocenters. The SMILES string of the molecule is C#CCOc1ccc(/C=c2\sc3n(c2=O)[C@H](c2ccc(OC)c(OC)c2)C(C(=O)OCC)=C(c2ccccc2)N=3)cc1Br. The van der Waals surface area contributed by atoms with E-state index >= 15 is 0 Å². The molecule has 0 bridgehead atoms. The van der Waals surface area contributed by atoms with Gasteiger partial charge in [0.05, 0.1) is 47.1 Å². The molecule has 0 fully saturated rings. The van der Waals surface area contributed by atoms with Crippen LogP contribution in [0.2, 0.25) is 0 Å². The van der Waals surface area contributed by atoms with Gasteiger partial charge in [0.15, 0.2) is 16.3 Å². The average molecular weight is 660 g/mol. The van der Waals surface area contributed by atoms with Crippen LogP contribution in [-0.2, 0) is 9.53 Å². The third kappa shape index (κ3) is 6.00. The number of carbonyl (C=O) groups excluding carboxylic acids is 1. The standard InChI is InChI=1S/C33H27BrN2O6S/c1-5-16-42-24-14-12-20(17-23(24)34)18-27-31(37)36-30(22-13-15-25(39-3)26(19-22)40-4)28(32(38)41-6-2)29(35-33(36)43-27)21-10-8-7-9-11-21/h1,7-15,17-19,30H,6,16H2,2-4H3/b27-18-/t30-/m1/s1. The van der Waals surface area contributed by atoms with Crippen molar-refractivity contribution >= 4 is 45.0 Å². The van der Waals surface area contributed by atoms with E-state index in [0.717, 1.165) is 11.1 Å². The van der Waals surface area contributed by atoms with Crippen molar-refractivity contribution in [1.29, 1.82) is 0 Å². The molecular formula is C33H27BrN2O6S. The van der Waals surface area contributed by atoms with Gasteiger partial charge in [0.2, 0.25) is 0 Å².